The molecule has 3 heteroatoms. The average Bonchev–Trinajstić information content (AvgIpc) is 3.03. The molecule has 1 saturated heterocycles. The standard InChI is InChI=1S/C23H24N2O/c1-2-11-25-12-10-23(16-6-5-7-18(26)13-16)15-17(25)14-21-22(23)19-8-3-4-9-20(19)24-21/h2-9,13,17,24,26H,1,10-12,14-15H2/t17-,23-/m1/s1. The van der Waals surface area contributed by atoms with Gasteiger partial charge in [0.1, 0.15) is 5.75 Å². The zero-order valence-electron chi connectivity index (χ0n) is 14.9. The Bertz CT molecular complexity index is 989. The van der Waals surface area contributed by atoms with Crippen LogP contribution >= 0.6 is 0 Å². The van der Waals surface area contributed by atoms with Crippen LogP contribution in [0.1, 0.15) is 29.7 Å². The monoisotopic (exact) mass is 344 g/mol. The number of fused-ring (bicyclic) bond motifs is 6. The molecule has 0 saturated carbocycles. The molecule has 2 atom stereocenters. The van der Waals surface area contributed by atoms with Gasteiger partial charge in [-0.3, -0.25) is 4.90 Å². The zero-order chi connectivity index (χ0) is 17.7. The molecule has 1 aromatic heterocycles. The van der Waals surface area contributed by atoms with Gasteiger partial charge in [0.05, 0.1) is 0 Å². The first-order valence-corrected chi connectivity index (χ1v) is 9.46. The normalized spacial score (nSPS) is 25.2. The number of benzene rings is 2. The Hall–Kier alpha value is -2.52. The van der Waals surface area contributed by atoms with Crippen LogP contribution in [0.3, 0.4) is 0 Å². The van der Waals surface area contributed by atoms with Crippen LogP contribution < -0.4 is 0 Å². The second-order valence-corrected chi connectivity index (χ2v) is 7.75. The van der Waals surface area contributed by atoms with Gasteiger partial charge in [-0.15, -0.1) is 6.58 Å². The molecule has 0 unspecified atom stereocenters. The third-order valence-corrected chi connectivity index (χ3v) is 6.39. The molecule has 1 aliphatic carbocycles. The van der Waals surface area contributed by atoms with E-state index in [9.17, 15) is 5.11 Å². The number of likely N-dealkylation sites (tertiary alicyclic amines) is 1. The van der Waals surface area contributed by atoms with Crippen molar-refractivity contribution in [3.05, 3.63) is 78.0 Å². The van der Waals surface area contributed by atoms with Crippen molar-refractivity contribution in [3.8, 4) is 5.75 Å². The van der Waals surface area contributed by atoms with Gasteiger partial charge >= 0.3 is 0 Å². The molecule has 2 N–H and O–H groups in total. The van der Waals surface area contributed by atoms with Crippen molar-refractivity contribution in [1.29, 1.82) is 0 Å². The molecule has 5 rings (SSSR count). The third-order valence-electron chi connectivity index (χ3n) is 6.39. The number of hydrogen-bond acceptors (Lipinski definition) is 2. The Labute approximate surface area is 154 Å². The van der Waals surface area contributed by atoms with Crippen molar-refractivity contribution in [2.45, 2.75) is 30.7 Å². The van der Waals surface area contributed by atoms with E-state index in [1.54, 1.807) is 6.07 Å². The molecule has 3 aromatic rings. The zero-order valence-corrected chi connectivity index (χ0v) is 14.9. The molecule has 2 aromatic carbocycles. The van der Waals surface area contributed by atoms with E-state index in [4.69, 9.17) is 0 Å². The van der Waals surface area contributed by atoms with Crippen LogP contribution in [0.15, 0.2) is 61.2 Å². The van der Waals surface area contributed by atoms with Gasteiger partial charge in [-0.1, -0.05) is 36.4 Å². The van der Waals surface area contributed by atoms with Gasteiger partial charge in [-0.2, -0.15) is 0 Å². The molecule has 2 heterocycles. The minimum absolute atomic E-state index is 0.0335. The quantitative estimate of drug-likeness (QED) is 0.693. The Morgan fingerprint density at radius 3 is 2.96 bits per heavy atom. The highest BCUT2D eigenvalue weighted by Crippen LogP contribution is 2.51. The molecule has 2 bridgehead atoms. The molecule has 26 heavy (non-hydrogen) atoms. The lowest BCUT2D eigenvalue weighted by molar-refractivity contribution is 0.108. The SMILES string of the molecule is C=CCN1CC[C@]2(c3cccc(O)c3)C[C@H]1Cc1[nH]c3ccccc3c12. The first-order chi connectivity index (χ1) is 12.7. The molecular formula is C23H24N2O. The molecular weight excluding hydrogens is 320 g/mol. The van der Waals surface area contributed by atoms with E-state index in [1.165, 1.54) is 27.7 Å². The number of phenolic OH excluding ortho intramolecular Hbond substituents is 1. The van der Waals surface area contributed by atoms with E-state index in [-0.39, 0.29) is 5.41 Å². The summed E-state index contributed by atoms with van der Waals surface area (Å²) in [7, 11) is 0. The average molecular weight is 344 g/mol. The van der Waals surface area contributed by atoms with Crippen LogP contribution in [0.4, 0.5) is 0 Å². The largest absolute Gasteiger partial charge is 0.508 e. The van der Waals surface area contributed by atoms with E-state index >= 15 is 0 Å². The maximum absolute atomic E-state index is 10.2. The van der Waals surface area contributed by atoms with Crippen LogP contribution in [0.5, 0.6) is 5.75 Å². The van der Waals surface area contributed by atoms with Gasteiger partial charge in [0.15, 0.2) is 0 Å². The fraction of sp³-hybridized carbons (Fsp3) is 0.304. The Morgan fingerprint density at radius 1 is 1.23 bits per heavy atom. The van der Waals surface area contributed by atoms with Crippen molar-refractivity contribution in [3.63, 3.8) is 0 Å². The van der Waals surface area contributed by atoms with E-state index in [2.05, 4.69) is 46.8 Å². The second-order valence-electron chi connectivity index (χ2n) is 7.75. The van der Waals surface area contributed by atoms with E-state index < -0.39 is 0 Å². The molecule has 1 aliphatic heterocycles. The van der Waals surface area contributed by atoms with Gasteiger partial charge in [0, 0.05) is 41.0 Å². The molecule has 0 amide bonds. The number of rotatable bonds is 3. The summed E-state index contributed by atoms with van der Waals surface area (Å²) < 4.78 is 0. The number of hydrogen-bond donors (Lipinski definition) is 2. The van der Waals surface area contributed by atoms with Gasteiger partial charge in [0.25, 0.3) is 0 Å². The lowest BCUT2D eigenvalue weighted by Gasteiger charge is -2.50. The number of aromatic amines is 1. The summed E-state index contributed by atoms with van der Waals surface area (Å²) in [6, 6.07) is 17.1. The van der Waals surface area contributed by atoms with Gasteiger partial charge < -0.3 is 10.1 Å². The third kappa shape index (κ3) is 2.17. The number of H-pyrrole nitrogens is 1. The molecule has 1 fully saturated rings. The maximum atomic E-state index is 10.2. The van der Waals surface area contributed by atoms with E-state index in [0.29, 0.717) is 11.8 Å². The van der Waals surface area contributed by atoms with Crippen LogP contribution in [0, 0.1) is 0 Å². The number of nitrogens with one attached hydrogen (secondary N) is 1. The number of phenols is 1. The van der Waals surface area contributed by atoms with Crippen molar-refractivity contribution in [2.24, 2.45) is 0 Å². The van der Waals surface area contributed by atoms with E-state index in [0.717, 1.165) is 32.4 Å². The van der Waals surface area contributed by atoms with Crippen LogP contribution in [0.2, 0.25) is 0 Å². The predicted molar refractivity (Wildman–Crippen MR) is 106 cm³/mol. The van der Waals surface area contributed by atoms with Crippen LogP contribution in [-0.4, -0.2) is 34.1 Å². The summed E-state index contributed by atoms with van der Waals surface area (Å²) in [6.45, 7) is 5.95. The fourth-order valence-electron chi connectivity index (χ4n) is 5.33. The maximum Gasteiger partial charge on any atom is 0.115 e. The van der Waals surface area contributed by atoms with Crippen molar-refractivity contribution < 1.29 is 5.11 Å². The number of para-hydroxylation sites is 1. The minimum Gasteiger partial charge on any atom is -0.508 e. The summed E-state index contributed by atoms with van der Waals surface area (Å²) in [5.41, 5.74) is 5.24. The highest BCUT2D eigenvalue weighted by atomic mass is 16.3. The summed E-state index contributed by atoms with van der Waals surface area (Å²) in [5.74, 6) is 0.355. The lowest BCUT2D eigenvalue weighted by Crippen LogP contribution is -2.53. The molecule has 0 radical (unpaired) electrons. The Kier molecular flexibility index (Phi) is 3.47. The first-order valence-electron chi connectivity index (χ1n) is 9.46. The number of piperidine rings is 1. The minimum atomic E-state index is -0.0335. The predicted octanol–water partition coefficient (Wildman–Crippen LogP) is 4.37. The summed E-state index contributed by atoms with van der Waals surface area (Å²) in [6.07, 6.45) is 5.23. The van der Waals surface area contributed by atoms with Crippen LogP contribution in [-0.2, 0) is 11.8 Å². The lowest BCUT2D eigenvalue weighted by atomic mass is 9.61. The van der Waals surface area contributed by atoms with E-state index in [1.807, 2.05) is 18.2 Å². The molecule has 3 nitrogen and oxygen atoms in total. The summed E-state index contributed by atoms with van der Waals surface area (Å²) >= 11 is 0. The molecule has 132 valence electrons. The summed E-state index contributed by atoms with van der Waals surface area (Å²) in [5, 5.41) is 11.5. The Balaban J connectivity index is 1.76. The highest BCUT2D eigenvalue weighted by Gasteiger charge is 2.48. The first kappa shape index (κ1) is 15.7. The number of aromatic hydroxyl groups is 1. The molecule has 2 aliphatic rings. The fourth-order valence-corrected chi connectivity index (χ4v) is 5.33. The molecule has 0 spiro atoms. The van der Waals surface area contributed by atoms with Gasteiger partial charge in [0.2, 0.25) is 0 Å². The van der Waals surface area contributed by atoms with Gasteiger partial charge in [-0.25, -0.2) is 0 Å². The number of aromatic nitrogens is 1. The highest BCUT2D eigenvalue weighted by molar-refractivity contribution is 5.87. The van der Waals surface area contributed by atoms with Crippen LogP contribution in [0.25, 0.3) is 10.9 Å². The summed E-state index contributed by atoms with van der Waals surface area (Å²) in [4.78, 5) is 6.26. The Morgan fingerprint density at radius 2 is 2.12 bits per heavy atom. The number of nitrogens with zero attached hydrogens (tertiary/aromatic N) is 1. The van der Waals surface area contributed by atoms with Gasteiger partial charge in [-0.05, 0) is 48.7 Å². The van der Waals surface area contributed by atoms with Crippen molar-refractivity contribution in [2.75, 3.05) is 13.1 Å². The van der Waals surface area contributed by atoms with Crippen molar-refractivity contribution >= 4 is 10.9 Å². The smallest absolute Gasteiger partial charge is 0.115 e. The second kappa shape index (κ2) is 5.75. The topological polar surface area (TPSA) is 39.3 Å². The van der Waals surface area contributed by atoms with Crippen molar-refractivity contribution in [1.82, 2.24) is 9.88 Å².